The number of hydrogen-bond donors (Lipinski definition) is 2. The Morgan fingerprint density at radius 2 is 2.14 bits per heavy atom. The van der Waals surface area contributed by atoms with Crippen LogP contribution in [0.2, 0.25) is 0 Å². The fraction of sp³-hybridized carbons (Fsp3) is 0.400. The number of hydrogen-bond acceptors (Lipinski definition) is 9. The van der Waals surface area contributed by atoms with Gasteiger partial charge in [-0.2, -0.15) is 13.8 Å². The summed E-state index contributed by atoms with van der Waals surface area (Å²) in [5.74, 6) is 1.65. The fourth-order valence-corrected chi connectivity index (χ4v) is 5.74. The largest absolute Gasteiger partial charge is 0.494 e. The average molecular weight is 508 g/mol. The summed E-state index contributed by atoms with van der Waals surface area (Å²) >= 11 is 0.966. The van der Waals surface area contributed by atoms with Crippen molar-refractivity contribution in [2.24, 2.45) is 11.0 Å². The van der Waals surface area contributed by atoms with Crippen LogP contribution in [0.25, 0.3) is 0 Å². The van der Waals surface area contributed by atoms with E-state index >= 15 is 0 Å². The van der Waals surface area contributed by atoms with Crippen molar-refractivity contribution in [1.82, 2.24) is 23.6 Å². The Labute approximate surface area is 213 Å². The highest BCUT2D eigenvalue weighted by Crippen LogP contribution is 2.36. The van der Waals surface area contributed by atoms with Crippen LogP contribution < -0.4 is 21.0 Å². The first-order valence-corrected chi connectivity index (χ1v) is 12.8. The van der Waals surface area contributed by atoms with Crippen molar-refractivity contribution in [2.45, 2.75) is 32.4 Å². The molecule has 36 heavy (non-hydrogen) atoms. The van der Waals surface area contributed by atoms with Crippen LogP contribution in [0.4, 0.5) is 5.82 Å². The van der Waals surface area contributed by atoms with Crippen molar-refractivity contribution in [3.05, 3.63) is 69.3 Å². The number of piperidine rings is 1. The van der Waals surface area contributed by atoms with E-state index in [2.05, 4.69) is 35.6 Å². The van der Waals surface area contributed by atoms with E-state index < -0.39 is 5.91 Å². The van der Waals surface area contributed by atoms with Gasteiger partial charge in [0.2, 0.25) is 0 Å². The zero-order chi connectivity index (χ0) is 25.1. The van der Waals surface area contributed by atoms with Gasteiger partial charge < -0.3 is 14.6 Å². The van der Waals surface area contributed by atoms with Gasteiger partial charge in [0.05, 0.1) is 24.5 Å². The lowest BCUT2D eigenvalue weighted by Crippen LogP contribution is -2.46. The van der Waals surface area contributed by atoms with Crippen molar-refractivity contribution in [3.8, 4) is 5.75 Å². The third kappa shape index (κ3) is 5.02. The van der Waals surface area contributed by atoms with Gasteiger partial charge in [-0.15, -0.1) is 0 Å². The van der Waals surface area contributed by atoms with Crippen molar-refractivity contribution >= 4 is 29.7 Å². The number of nitrogens with one attached hydrogen (secondary N) is 2. The molecule has 0 unspecified atom stereocenters. The van der Waals surface area contributed by atoms with Gasteiger partial charge in [0.25, 0.3) is 11.5 Å². The summed E-state index contributed by atoms with van der Waals surface area (Å²) in [6.07, 6.45) is 2.73. The number of carbonyl (C=O) groups is 1. The number of carbonyl (C=O) groups excluding carboxylic acids is 1. The Morgan fingerprint density at radius 3 is 2.97 bits per heavy atom. The molecule has 1 saturated heterocycles. The normalized spacial score (nSPS) is 19.2. The van der Waals surface area contributed by atoms with E-state index in [1.165, 1.54) is 0 Å². The fourth-order valence-electron chi connectivity index (χ4n) is 5.19. The average Bonchev–Trinajstić information content (AvgIpc) is 3.35. The smallest absolute Gasteiger partial charge is 0.294 e. The van der Waals surface area contributed by atoms with Crippen LogP contribution in [0.3, 0.4) is 0 Å². The van der Waals surface area contributed by atoms with Crippen LogP contribution in [0.15, 0.2) is 46.3 Å². The van der Waals surface area contributed by atoms with Crippen LogP contribution in [0.1, 0.15) is 46.6 Å². The quantitative estimate of drug-likeness (QED) is 0.356. The number of aromatic nitrogens is 3. The van der Waals surface area contributed by atoms with E-state index in [0.29, 0.717) is 24.3 Å². The van der Waals surface area contributed by atoms with Crippen LogP contribution in [0, 0.1) is 5.92 Å². The van der Waals surface area contributed by atoms with Crippen LogP contribution >= 0.6 is 11.7 Å². The predicted octanol–water partition coefficient (Wildman–Crippen LogP) is 2.52. The number of nitrogens with zero attached hydrogens (tertiary/aromatic N) is 5. The van der Waals surface area contributed by atoms with Crippen LogP contribution in [0.5, 0.6) is 5.75 Å². The molecule has 2 atom stereocenters. The lowest BCUT2D eigenvalue weighted by molar-refractivity contribution is 0.0952. The van der Waals surface area contributed by atoms with Crippen LogP contribution in [-0.2, 0) is 13.1 Å². The lowest BCUT2D eigenvalue weighted by Gasteiger charge is -2.43. The van der Waals surface area contributed by atoms with Crippen molar-refractivity contribution in [3.63, 3.8) is 0 Å². The number of ether oxygens (including phenoxy) is 1. The summed E-state index contributed by atoms with van der Waals surface area (Å²) in [7, 11) is 1.69. The summed E-state index contributed by atoms with van der Waals surface area (Å²) in [5.41, 5.74) is 5.89. The first-order valence-electron chi connectivity index (χ1n) is 12.1. The molecule has 2 bridgehead atoms. The molecule has 1 amide bonds. The molecule has 1 aromatic carbocycles. The Morgan fingerprint density at radius 1 is 1.25 bits per heavy atom. The maximum Gasteiger partial charge on any atom is 0.294 e. The molecule has 2 aromatic heterocycles. The van der Waals surface area contributed by atoms with Gasteiger partial charge in [-0.05, 0) is 49.1 Å². The van der Waals surface area contributed by atoms with Crippen LogP contribution in [-0.4, -0.2) is 57.1 Å². The molecule has 11 heteroatoms. The highest BCUT2D eigenvalue weighted by Gasteiger charge is 2.34. The van der Waals surface area contributed by atoms with Gasteiger partial charge in [-0.3, -0.25) is 14.5 Å². The van der Waals surface area contributed by atoms with Gasteiger partial charge in [0.15, 0.2) is 11.5 Å². The van der Waals surface area contributed by atoms with Gasteiger partial charge in [-0.1, -0.05) is 6.07 Å². The molecule has 2 N–H and O–H groups in total. The van der Waals surface area contributed by atoms with Gasteiger partial charge >= 0.3 is 0 Å². The van der Waals surface area contributed by atoms with Gasteiger partial charge in [0.1, 0.15) is 5.75 Å². The monoisotopic (exact) mass is 507 g/mol. The highest BCUT2D eigenvalue weighted by molar-refractivity contribution is 6.99. The number of likely N-dealkylation sites (tertiary alicyclic amines) is 1. The molecule has 5 rings (SSSR count). The molecular weight excluding hydrogens is 478 g/mol. The molecule has 10 nitrogen and oxygen atoms in total. The van der Waals surface area contributed by atoms with Crippen molar-refractivity contribution in [1.29, 1.82) is 0 Å². The van der Waals surface area contributed by atoms with Crippen molar-refractivity contribution in [2.75, 3.05) is 32.1 Å². The molecule has 3 aromatic rings. The maximum absolute atomic E-state index is 12.3. The standard InChI is InChI=1S/C25H29N7O3S/c1-3-35-21-8-7-16(11-27-28-25(34)23-24(26-2)30-36-29-23)9-19(21)15-31-12-17-10-18(14-31)20-5-4-6-22(33)32(20)13-17/h4-9,11,17-18H,3,10,12-15H2,1-2H3,(H,26,30)(H,28,34)/b27-11-/t17-,18+/m1/s1. The first kappa shape index (κ1) is 24.1. The van der Waals surface area contributed by atoms with Gasteiger partial charge in [0, 0.05) is 56.5 Å². The molecule has 4 heterocycles. The predicted molar refractivity (Wildman–Crippen MR) is 139 cm³/mol. The molecule has 0 aliphatic carbocycles. The number of pyridine rings is 1. The number of rotatable bonds is 8. The Balaban J connectivity index is 1.30. The summed E-state index contributed by atoms with van der Waals surface area (Å²) in [4.78, 5) is 27.1. The Bertz CT molecular complexity index is 1340. The van der Waals surface area contributed by atoms with E-state index in [1.54, 1.807) is 19.3 Å². The zero-order valence-corrected chi connectivity index (χ0v) is 21.1. The number of fused-ring (bicyclic) bond motifs is 4. The Hall–Kier alpha value is -3.57. The maximum atomic E-state index is 12.3. The topological polar surface area (TPSA) is 114 Å². The van der Waals surface area contributed by atoms with E-state index in [0.717, 1.165) is 66.9 Å². The molecule has 2 aliphatic rings. The highest BCUT2D eigenvalue weighted by atomic mass is 32.1. The summed E-state index contributed by atoms with van der Waals surface area (Å²) in [6.45, 7) is 5.90. The summed E-state index contributed by atoms with van der Waals surface area (Å²) in [5, 5.41) is 6.95. The second-order valence-electron chi connectivity index (χ2n) is 9.10. The number of benzene rings is 1. The first-order chi connectivity index (χ1) is 17.6. The van der Waals surface area contributed by atoms with Gasteiger partial charge in [-0.25, -0.2) is 5.43 Å². The third-order valence-corrected chi connectivity index (χ3v) is 7.18. The number of amides is 1. The number of anilines is 1. The molecule has 1 fully saturated rings. The summed E-state index contributed by atoms with van der Waals surface area (Å²) in [6, 6.07) is 11.5. The molecular formula is C25H29N7O3S. The van der Waals surface area contributed by atoms with E-state index in [1.807, 2.05) is 35.8 Å². The van der Waals surface area contributed by atoms with E-state index in [9.17, 15) is 9.59 Å². The molecule has 2 aliphatic heterocycles. The zero-order valence-electron chi connectivity index (χ0n) is 20.3. The van der Waals surface area contributed by atoms with Crippen molar-refractivity contribution < 1.29 is 9.53 Å². The Kier molecular flexibility index (Phi) is 7.10. The van der Waals surface area contributed by atoms with E-state index in [-0.39, 0.29) is 11.3 Å². The minimum Gasteiger partial charge on any atom is -0.494 e. The number of hydrazone groups is 1. The molecule has 188 valence electrons. The lowest BCUT2D eigenvalue weighted by atomic mass is 9.83. The van der Waals surface area contributed by atoms with E-state index in [4.69, 9.17) is 4.74 Å². The molecule has 0 radical (unpaired) electrons. The minimum atomic E-state index is -0.422. The SMILES string of the molecule is CCOc1ccc(/C=N\NC(=O)c2nsnc2NC)cc1CN1C[C@H]2C[C@@H](C1)c1cccc(=O)n1C2. The second kappa shape index (κ2) is 10.6. The molecule has 0 saturated carbocycles. The second-order valence-corrected chi connectivity index (χ2v) is 9.63. The third-order valence-electron chi connectivity index (χ3n) is 6.65. The molecule has 0 spiro atoms. The summed E-state index contributed by atoms with van der Waals surface area (Å²) < 4.78 is 15.9. The minimum absolute atomic E-state index is 0.0987.